The van der Waals surface area contributed by atoms with E-state index in [9.17, 15) is 0 Å². The molecule has 0 saturated carbocycles. The SMILES string of the molecule is CC1OCCC1N(C)CCCN. The van der Waals surface area contributed by atoms with Crippen LogP contribution < -0.4 is 5.73 Å². The van der Waals surface area contributed by atoms with E-state index >= 15 is 0 Å². The average molecular weight is 172 g/mol. The van der Waals surface area contributed by atoms with Crippen LogP contribution >= 0.6 is 0 Å². The minimum atomic E-state index is 0.396. The molecule has 1 saturated heterocycles. The number of likely N-dealkylation sites (N-methyl/N-ethyl adjacent to an activating group) is 1. The van der Waals surface area contributed by atoms with Gasteiger partial charge in [0.25, 0.3) is 0 Å². The summed E-state index contributed by atoms with van der Waals surface area (Å²) < 4.78 is 5.49. The Bertz CT molecular complexity index is 130. The zero-order chi connectivity index (χ0) is 8.97. The minimum Gasteiger partial charge on any atom is -0.377 e. The topological polar surface area (TPSA) is 38.5 Å². The Hall–Kier alpha value is -0.120. The Morgan fingerprint density at radius 1 is 1.58 bits per heavy atom. The van der Waals surface area contributed by atoms with E-state index < -0.39 is 0 Å². The van der Waals surface area contributed by atoms with Crippen molar-refractivity contribution in [2.75, 3.05) is 26.7 Å². The van der Waals surface area contributed by atoms with E-state index in [-0.39, 0.29) is 0 Å². The molecular formula is C9H20N2O. The Morgan fingerprint density at radius 3 is 2.83 bits per heavy atom. The molecule has 0 aromatic heterocycles. The molecule has 1 aliphatic heterocycles. The van der Waals surface area contributed by atoms with Gasteiger partial charge in [0.15, 0.2) is 0 Å². The summed E-state index contributed by atoms with van der Waals surface area (Å²) in [6.45, 7) is 4.94. The van der Waals surface area contributed by atoms with Gasteiger partial charge in [0.05, 0.1) is 6.10 Å². The predicted octanol–water partition coefficient (Wildman–Crippen LogP) is 0.444. The fourth-order valence-electron chi connectivity index (χ4n) is 1.81. The lowest BCUT2D eigenvalue weighted by molar-refractivity contribution is 0.0835. The number of hydrogen-bond acceptors (Lipinski definition) is 3. The lowest BCUT2D eigenvalue weighted by Gasteiger charge is -2.26. The molecule has 1 heterocycles. The van der Waals surface area contributed by atoms with Crippen LogP contribution in [0.5, 0.6) is 0 Å². The predicted molar refractivity (Wildman–Crippen MR) is 50.1 cm³/mol. The van der Waals surface area contributed by atoms with Gasteiger partial charge in [-0.25, -0.2) is 0 Å². The minimum absolute atomic E-state index is 0.396. The zero-order valence-corrected chi connectivity index (χ0v) is 8.12. The summed E-state index contributed by atoms with van der Waals surface area (Å²) in [6.07, 6.45) is 2.65. The molecule has 0 aromatic carbocycles. The van der Waals surface area contributed by atoms with Crippen LogP contribution in [-0.4, -0.2) is 43.8 Å². The van der Waals surface area contributed by atoms with Gasteiger partial charge in [-0.15, -0.1) is 0 Å². The van der Waals surface area contributed by atoms with Crippen molar-refractivity contribution in [2.24, 2.45) is 5.73 Å². The van der Waals surface area contributed by atoms with Gasteiger partial charge in [-0.3, -0.25) is 0 Å². The Balaban J connectivity index is 2.25. The van der Waals surface area contributed by atoms with Crippen LogP contribution in [0.25, 0.3) is 0 Å². The van der Waals surface area contributed by atoms with Gasteiger partial charge in [-0.1, -0.05) is 0 Å². The number of hydrogen-bond donors (Lipinski definition) is 1. The highest BCUT2D eigenvalue weighted by molar-refractivity contribution is 4.80. The highest BCUT2D eigenvalue weighted by Gasteiger charge is 2.26. The fraction of sp³-hybridized carbons (Fsp3) is 1.00. The smallest absolute Gasteiger partial charge is 0.0702 e. The summed E-state index contributed by atoms with van der Waals surface area (Å²) in [5.74, 6) is 0. The molecule has 1 aliphatic rings. The molecule has 0 amide bonds. The summed E-state index contributed by atoms with van der Waals surface area (Å²) in [5, 5.41) is 0. The van der Waals surface area contributed by atoms with Crippen LogP contribution in [0, 0.1) is 0 Å². The van der Waals surface area contributed by atoms with E-state index in [0.717, 1.165) is 26.1 Å². The van der Waals surface area contributed by atoms with Gasteiger partial charge in [0, 0.05) is 12.6 Å². The summed E-state index contributed by atoms with van der Waals surface area (Å²) >= 11 is 0. The van der Waals surface area contributed by atoms with Gasteiger partial charge in [-0.05, 0) is 39.9 Å². The Morgan fingerprint density at radius 2 is 2.33 bits per heavy atom. The van der Waals surface area contributed by atoms with E-state index in [1.807, 2.05) is 0 Å². The molecule has 2 atom stereocenters. The molecule has 0 radical (unpaired) electrons. The average Bonchev–Trinajstić information content (AvgIpc) is 2.47. The van der Waals surface area contributed by atoms with Gasteiger partial charge >= 0.3 is 0 Å². The molecule has 2 unspecified atom stereocenters. The number of rotatable bonds is 4. The van der Waals surface area contributed by atoms with Crippen LogP contribution in [0.1, 0.15) is 19.8 Å². The van der Waals surface area contributed by atoms with Crippen molar-refractivity contribution in [3.05, 3.63) is 0 Å². The van der Waals surface area contributed by atoms with Crippen molar-refractivity contribution in [3.8, 4) is 0 Å². The highest BCUT2D eigenvalue weighted by atomic mass is 16.5. The Labute approximate surface area is 74.9 Å². The molecule has 0 aromatic rings. The molecule has 0 bridgehead atoms. The van der Waals surface area contributed by atoms with Crippen LogP contribution in [0.4, 0.5) is 0 Å². The highest BCUT2D eigenvalue weighted by Crippen LogP contribution is 2.17. The third-order valence-corrected chi connectivity index (χ3v) is 2.62. The third-order valence-electron chi connectivity index (χ3n) is 2.62. The molecule has 2 N–H and O–H groups in total. The summed E-state index contributed by atoms with van der Waals surface area (Å²) in [6, 6.07) is 0.608. The van der Waals surface area contributed by atoms with Crippen LogP contribution in [-0.2, 0) is 4.74 Å². The van der Waals surface area contributed by atoms with E-state index in [1.165, 1.54) is 6.42 Å². The lowest BCUT2D eigenvalue weighted by atomic mass is 10.1. The second-order valence-corrected chi connectivity index (χ2v) is 3.55. The van der Waals surface area contributed by atoms with Crippen molar-refractivity contribution in [3.63, 3.8) is 0 Å². The van der Waals surface area contributed by atoms with Crippen molar-refractivity contribution in [2.45, 2.75) is 31.9 Å². The largest absolute Gasteiger partial charge is 0.377 e. The van der Waals surface area contributed by atoms with E-state index in [1.54, 1.807) is 0 Å². The molecule has 3 heteroatoms. The first-order valence-electron chi connectivity index (χ1n) is 4.77. The maximum absolute atomic E-state index is 5.49. The van der Waals surface area contributed by atoms with Crippen molar-refractivity contribution >= 4 is 0 Å². The van der Waals surface area contributed by atoms with E-state index in [0.29, 0.717) is 12.1 Å². The number of nitrogens with two attached hydrogens (primary N) is 1. The second kappa shape index (κ2) is 4.80. The van der Waals surface area contributed by atoms with E-state index in [4.69, 9.17) is 10.5 Å². The van der Waals surface area contributed by atoms with Crippen molar-refractivity contribution in [1.82, 2.24) is 4.90 Å². The van der Waals surface area contributed by atoms with Crippen LogP contribution in [0.2, 0.25) is 0 Å². The fourth-order valence-corrected chi connectivity index (χ4v) is 1.81. The maximum Gasteiger partial charge on any atom is 0.0702 e. The number of nitrogens with zero attached hydrogens (tertiary/aromatic N) is 1. The van der Waals surface area contributed by atoms with Crippen LogP contribution in [0.15, 0.2) is 0 Å². The van der Waals surface area contributed by atoms with Crippen molar-refractivity contribution in [1.29, 1.82) is 0 Å². The van der Waals surface area contributed by atoms with Gasteiger partial charge in [0.2, 0.25) is 0 Å². The third kappa shape index (κ3) is 2.44. The zero-order valence-electron chi connectivity index (χ0n) is 8.12. The second-order valence-electron chi connectivity index (χ2n) is 3.55. The molecule has 1 rings (SSSR count). The molecule has 1 fully saturated rings. The summed E-state index contributed by atoms with van der Waals surface area (Å²) in [4.78, 5) is 2.37. The summed E-state index contributed by atoms with van der Waals surface area (Å²) in [7, 11) is 2.16. The molecule has 12 heavy (non-hydrogen) atoms. The quantitative estimate of drug-likeness (QED) is 0.669. The first kappa shape index (κ1) is 9.96. The molecular weight excluding hydrogens is 152 g/mol. The van der Waals surface area contributed by atoms with Crippen molar-refractivity contribution < 1.29 is 4.74 Å². The molecule has 3 nitrogen and oxygen atoms in total. The Kier molecular flexibility index (Phi) is 3.98. The molecule has 72 valence electrons. The first-order valence-corrected chi connectivity index (χ1v) is 4.77. The number of ether oxygens (including phenoxy) is 1. The first-order chi connectivity index (χ1) is 5.75. The monoisotopic (exact) mass is 172 g/mol. The normalized spacial score (nSPS) is 30.0. The van der Waals surface area contributed by atoms with E-state index in [2.05, 4.69) is 18.9 Å². The molecule has 0 spiro atoms. The standard InChI is InChI=1S/C9H20N2O/c1-8-9(4-7-12-8)11(2)6-3-5-10/h8-9H,3-7,10H2,1-2H3. The van der Waals surface area contributed by atoms with Gasteiger partial charge < -0.3 is 15.4 Å². The lowest BCUT2D eigenvalue weighted by Crippen LogP contribution is -2.37. The maximum atomic E-state index is 5.49. The van der Waals surface area contributed by atoms with Gasteiger partial charge in [0.1, 0.15) is 0 Å². The molecule has 0 aliphatic carbocycles. The van der Waals surface area contributed by atoms with Gasteiger partial charge in [-0.2, -0.15) is 0 Å². The van der Waals surface area contributed by atoms with Crippen LogP contribution in [0.3, 0.4) is 0 Å². The summed E-state index contributed by atoms with van der Waals surface area (Å²) in [5.41, 5.74) is 5.45.